The van der Waals surface area contributed by atoms with Gasteiger partial charge >= 0.3 is 5.97 Å². The predicted octanol–water partition coefficient (Wildman–Crippen LogP) is 2.09. The molecule has 0 saturated heterocycles. The molecule has 1 atom stereocenters. The lowest BCUT2D eigenvalue weighted by Gasteiger charge is -2.27. The lowest BCUT2D eigenvalue weighted by atomic mass is 9.92. The van der Waals surface area contributed by atoms with Crippen molar-refractivity contribution in [1.82, 2.24) is 5.32 Å². The molecule has 1 aromatic rings. The second-order valence-electron chi connectivity index (χ2n) is 4.55. The Kier molecular flexibility index (Phi) is 6.08. The summed E-state index contributed by atoms with van der Waals surface area (Å²) in [6, 6.07) is 7.35. The van der Waals surface area contributed by atoms with Gasteiger partial charge in [0.2, 0.25) is 0 Å². The lowest BCUT2D eigenvalue weighted by Crippen LogP contribution is -2.47. The Labute approximate surface area is 120 Å². The summed E-state index contributed by atoms with van der Waals surface area (Å²) in [6.07, 6.45) is 6.20. The molecule has 108 valence electrons. The van der Waals surface area contributed by atoms with Crippen LogP contribution in [0.25, 0.3) is 0 Å². The van der Waals surface area contributed by atoms with Gasteiger partial charge in [-0.15, -0.1) is 6.42 Å². The first-order chi connectivity index (χ1) is 9.58. The Morgan fingerprint density at radius 3 is 2.55 bits per heavy atom. The van der Waals surface area contributed by atoms with E-state index in [-0.39, 0.29) is 12.5 Å². The van der Waals surface area contributed by atoms with Crippen molar-refractivity contribution in [3.8, 4) is 18.1 Å². The molecular formula is C16H21NO3. The zero-order valence-electron chi connectivity index (χ0n) is 12.2. The molecule has 1 N–H and O–H groups in total. The predicted molar refractivity (Wildman–Crippen MR) is 78.4 cm³/mol. The van der Waals surface area contributed by atoms with Gasteiger partial charge in [0.25, 0.3) is 0 Å². The Morgan fingerprint density at radius 1 is 1.40 bits per heavy atom. The molecule has 0 aliphatic heterocycles. The molecule has 0 spiro atoms. The smallest absolute Gasteiger partial charge is 0.330 e. The number of rotatable bonds is 7. The van der Waals surface area contributed by atoms with Crippen LogP contribution in [-0.2, 0) is 15.1 Å². The quantitative estimate of drug-likeness (QED) is 0.611. The molecular weight excluding hydrogens is 254 g/mol. The minimum atomic E-state index is -0.968. The van der Waals surface area contributed by atoms with Gasteiger partial charge in [-0.1, -0.05) is 25.0 Å². The highest BCUT2D eigenvalue weighted by atomic mass is 16.5. The van der Waals surface area contributed by atoms with Crippen molar-refractivity contribution in [3.05, 3.63) is 29.8 Å². The first-order valence-corrected chi connectivity index (χ1v) is 6.58. The summed E-state index contributed by atoms with van der Waals surface area (Å²) >= 11 is 0. The molecule has 1 rings (SSSR count). The number of esters is 1. The number of ether oxygens (including phenoxy) is 2. The van der Waals surface area contributed by atoms with Crippen molar-refractivity contribution in [2.45, 2.75) is 25.8 Å². The number of carbonyl (C=O) groups excluding carboxylic acids is 1. The third kappa shape index (κ3) is 3.75. The number of carbonyl (C=O) groups is 1. The van der Waals surface area contributed by atoms with Crippen LogP contribution in [0.15, 0.2) is 24.3 Å². The molecule has 1 aromatic carbocycles. The van der Waals surface area contributed by atoms with E-state index in [2.05, 4.69) is 11.2 Å². The minimum Gasteiger partial charge on any atom is -0.494 e. The molecule has 0 aliphatic carbocycles. The first kappa shape index (κ1) is 16.1. The van der Waals surface area contributed by atoms with Crippen LogP contribution in [0, 0.1) is 12.3 Å². The third-order valence-corrected chi connectivity index (χ3v) is 3.04. The second kappa shape index (κ2) is 7.56. The normalized spacial score (nSPS) is 13.1. The van der Waals surface area contributed by atoms with Gasteiger partial charge in [-0.25, -0.2) is 4.79 Å². The maximum atomic E-state index is 12.0. The van der Waals surface area contributed by atoms with Crippen molar-refractivity contribution >= 4 is 5.97 Å². The second-order valence-corrected chi connectivity index (χ2v) is 4.55. The number of nitrogens with one attached hydrogen (secondary N) is 1. The van der Waals surface area contributed by atoms with E-state index in [0.29, 0.717) is 6.61 Å². The Morgan fingerprint density at radius 2 is 2.05 bits per heavy atom. The average Bonchev–Trinajstić information content (AvgIpc) is 2.50. The topological polar surface area (TPSA) is 47.6 Å². The van der Waals surface area contributed by atoms with Gasteiger partial charge in [-0.05, 0) is 31.0 Å². The molecule has 0 heterocycles. The van der Waals surface area contributed by atoms with Crippen LogP contribution in [0.4, 0.5) is 0 Å². The van der Waals surface area contributed by atoms with Gasteiger partial charge < -0.3 is 9.47 Å². The lowest BCUT2D eigenvalue weighted by molar-refractivity contribution is -0.148. The van der Waals surface area contributed by atoms with E-state index in [9.17, 15) is 4.79 Å². The zero-order chi connectivity index (χ0) is 15.0. The van der Waals surface area contributed by atoms with Crippen LogP contribution < -0.4 is 10.1 Å². The van der Waals surface area contributed by atoms with Crippen molar-refractivity contribution < 1.29 is 14.3 Å². The fourth-order valence-electron chi connectivity index (χ4n) is 1.83. The van der Waals surface area contributed by atoms with E-state index in [4.69, 9.17) is 15.9 Å². The van der Waals surface area contributed by atoms with E-state index in [1.807, 2.05) is 31.2 Å². The first-order valence-electron chi connectivity index (χ1n) is 6.58. The van der Waals surface area contributed by atoms with Crippen LogP contribution in [0.3, 0.4) is 0 Å². The summed E-state index contributed by atoms with van der Waals surface area (Å²) in [5, 5.41) is 3.02. The monoisotopic (exact) mass is 275 g/mol. The van der Waals surface area contributed by atoms with Crippen molar-refractivity contribution in [2.75, 3.05) is 20.3 Å². The van der Waals surface area contributed by atoms with Crippen LogP contribution >= 0.6 is 0 Å². The molecule has 0 aliphatic rings. The van der Waals surface area contributed by atoms with E-state index < -0.39 is 5.54 Å². The fourth-order valence-corrected chi connectivity index (χ4v) is 1.83. The molecule has 1 unspecified atom stereocenters. The molecule has 4 heteroatoms. The molecule has 0 amide bonds. The molecule has 0 saturated carbocycles. The highest BCUT2D eigenvalue weighted by Gasteiger charge is 2.35. The summed E-state index contributed by atoms with van der Waals surface area (Å²) < 4.78 is 10.4. The maximum absolute atomic E-state index is 12.0. The van der Waals surface area contributed by atoms with E-state index in [0.717, 1.165) is 17.7 Å². The summed E-state index contributed by atoms with van der Waals surface area (Å²) in [5.74, 6) is 2.87. The minimum absolute atomic E-state index is 0.277. The summed E-state index contributed by atoms with van der Waals surface area (Å²) in [6.45, 7) is 4.74. The van der Waals surface area contributed by atoms with Crippen LogP contribution in [0.1, 0.15) is 25.8 Å². The number of hydrogen-bond donors (Lipinski definition) is 1. The van der Waals surface area contributed by atoms with Gasteiger partial charge in [0.15, 0.2) is 0 Å². The standard InChI is InChI=1S/C16H21NO3/c1-5-11-17-16(3,15(18)19-4)13-7-9-14(10-8-13)20-12-6-2/h1,7-10,17H,6,11-12H2,2-4H3. The highest BCUT2D eigenvalue weighted by molar-refractivity contribution is 5.82. The van der Waals surface area contributed by atoms with E-state index in [1.54, 1.807) is 6.92 Å². The van der Waals surface area contributed by atoms with Crippen molar-refractivity contribution in [2.24, 2.45) is 0 Å². The van der Waals surface area contributed by atoms with Crippen LogP contribution in [0.5, 0.6) is 5.75 Å². The number of benzene rings is 1. The number of methoxy groups -OCH3 is 1. The van der Waals surface area contributed by atoms with Gasteiger partial charge in [0.05, 0.1) is 20.3 Å². The molecule has 0 aromatic heterocycles. The molecule has 0 fully saturated rings. The molecule has 20 heavy (non-hydrogen) atoms. The van der Waals surface area contributed by atoms with Crippen molar-refractivity contribution in [1.29, 1.82) is 0 Å². The molecule has 0 radical (unpaired) electrons. The van der Waals surface area contributed by atoms with Gasteiger partial charge in [-0.2, -0.15) is 0 Å². The summed E-state index contributed by atoms with van der Waals surface area (Å²) in [5.41, 5.74) is -0.187. The van der Waals surface area contributed by atoms with E-state index >= 15 is 0 Å². The summed E-state index contributed by atoms with van der Waals surface area (Å²) in [7, 11) is 1.36. The largest absolute Gasteiger partial charge is 0.494 e. The zero-order valence-corrected chi connectivity index (χ0v) is 12.2. The number of terminal acetylenes is 1. The third-order valence-electron chi connectivity index (χ3n) is 3.04. The fraction of sp³-hybridized carbons (Fsp3) is 0.438. The van der Waals surface area contributed by atoms with Gasteiger partial charge in [0, 0.05) is 0 Å². The van der Waals surface area contributed by atoms with Crippen LogP contribution in [-0.4, -0.2) is 26.2 Å². The van der Waals surface area contributed by atoms with Crippen LogP contribution in [0.2, 0.25) is 0 Å². The van der Waals surface area contributed by atoms with E-state index in [1.165, 1.54) is 7.11 Å². The van der Waals surface area contributed by atoms with Crippen molar-refractivity contribution in [3.63, 3.8) is 0 Å². The Hall–Kier alpha value is -1.99. The highest BCUT2D eigenvalue weighted by Crippen LogP contribution is 2.24. The van der Waals surface area contributed by atoms with Gasteiger partial charge in [-0.3, -0.25) is 5.32 Å². The molecule has 0 bridgehead atoms. The Bertz CT molecular complexity index is 475. The SMILES string of the molecule is C#CCNC(C)(C(=O)OC)c1ccc(OCCC)cc1. The Balaban J connectivity index is 2.97. The summed E-state index contributed by atoms with van der Waals surface area (Å²) in [4.78, 5) is 12.0. The molecule has 4 nitrogen and oxygen atoms in total. The number of hydrogen-bond acceptors (Lipinski definition) is 4. The van der Waals surface area contributed by atoms with Gasteiger partial charge in [0.1, 0.15) is 11.3 Å². The average molecular weight is 275 g/mol. The maximum Gasteiger partial charge on any atom is 0.330 e.